The molecule has 222 valence electrons. The molecule has 1 aliphatic carbocycles. The summed E-state index contributed by atoms with van der Waals surface area (Å²) in [5, 5.41) is 2.99. The van der Waals surface area contributed by atoms with Crippen LogP contribution in [0, 0.1) is 17.3 Å². The maximum absolute atomic E-state index is 13.9. The van der Waals surface area contributed by atoms with Gasteiger partial charge >= 0.3 is 12.1 Å². The molecule has 1 aromatic rings. The molecule has 1 spiro atoms. The number of hydrogen-bond donors (Lipinski definition) is 1. The Hall–Kier alpha value is -2.65. The molecule has 0 bridgehead atoms. The summed E-state index contributed by atoms with van der Waals surface area (Å²) < 4.78 is 16.8. The predicted octanol–water partition coefficient (Wildman–Crippen LogP) is 4.00. The van der Waals surface area contributed by atoms with Gasteiger partial charge in [0.15, 0.2) is 6.04 Å². The van der Waals surface area contributed by atoms with Gasteiger partial charge in [-0.25, -0.2) is 9.59 Å². The summed E-state index contributed by atoms with van der Waals surface area (Å²) in [6.07, 6.45) is 5.08. The van der Waals surface area contributed by atoms with Crippen molar-refractivity contribution in [3.8, 4) is 0 Å². The standard InChI is InChI=1S/C31H47N3O6/c1-22(39-18-24-14-10-7-11-15-24)26(28(36)38-5)32-27(35)25-17-33(16-23-12-8-6-9-13-23)19-31(25)20-34(21-31)29(37)40-30(2,3)4/h6,8-9,12-13,22,24-26H,7,10-11,14-21H2,1-5H3,(H,32,35)/t22-,25+,26+/m1/s1. The van der Waals surface area contributed by atoms with Crippen molar-refractivity contribution in [2.24, 2.45) is 17.3 Å². The molecule has 0 radical (unpaired) electrons. The van der Waals surface area contributed by atoms with Gasteiger partial charge in [-0.05, 0) is 52.0 Å². The average molecular weight is 558 g/mol. The van der Waals surface area contributed by atoms with Crippen molar-refractivity contribution in [3.05, 3.63) is 35.9 Å². The van der Waals surface area contributed by atoms with Crippen LogP contribution in [-0.2, 0) is 30.3 Å². The van der Waals surface area contributed by atoms with Crippen molar-refractivity contribution in [3.63, 3.8) is 0 Å². The lowest BCUT2D eigenvalue weighted by atomic mass is 9.71. The number of esters is 1. The van der Waals surface area contributed by atoms with Crippen LogP contribution in [-0.4, -0.2) is 85.4 Å². The fourth-order valence-electron chi connectivity index (χ4n) is 6.37. The molecule has 1 N–H and O–H groups in total. The van der Waals surface area contributed by atoms with E-state index in [1.165, 1.54) is 31.9 Å². The van der Waals surface area contributed by atoms with Gasteiger partial charge in [-0.15, -0.1) is 0 Å². The molecule has 2 saturated heterocycles. The normalized spacial score (nSPS) is 22.8. The Morgan fingerprint density at radius 2 is 1.73 bits per heavy atom. The Bertz CT molecular complexity index is 1010. The lowest BCUT2D eigenvalue weighted by Crippen LogP contribution is -2.65. The molecule has 40 heavy (non-hydrogen) atoms. The van der Waals surface area contributed by atoms with Crippen LogP contribution >= 0.6 is 0 Å². The molecule has 2 heterocycles. The molecule has 9 heteroatoms. The van der Waals surface area contributed by atoms with Crippen molar-refractivity contribution < 1.29 is 28.6 Å². The Labute approximate surface area is 238 Å². The molecular formula is C31H47N3O6. The second-order valence-electron chi connectivity index (χ2n) is 13.0. The second kappa shape index (κ2) is 12.9. The molecule has 1 saturated carbocycles. The number of likely N-dealkylation sites (tertiary alicyclic amines) is 2. The van der Waals surface area contributed by atoms with Crippen molar-refractivity contribution in [2.45, 2.75) is 84.1 Å². The summed E-state index contributed by atoms with van der Waals surface area (Å²) >= 11 is 0. The Balaban J connectivity index is 1.45. The molecule has 1 aromatic carbocycles. The minimum absolute atomic E-state index is 0.206. The highest BCUT2D eigenvalue weighted by atomic mass is 16.6. The van der Waals surface area contributed by atoms with E-state index in [9.17, 15) is 14.4 Å². The highest BCUT2D eigenvalue weighted by molar-refractivity contribution is 5.87. The Morgan fingerprint density at radius 3 is 2.35 bits per heavy atom. The van der Waals surface area contributed by atoms with Crippen LogP contribution in [0.15, 0.2) is 30.3 Å². The first-order valence-electron chi connectivity index (χ1n) is 14.7. The lowest BCUT2D eigenvalue weighted by Gasteiger charge is -2.50. The fourth-order valence-corrected chi connectivity index (χ4v) is 6.37. The van der Waals surface area contributed by atoms with Gasteiger partial charge in [0.1, 0.15) is 5.60 Å². The highest BCUT2D eigenvalue weighted by Gasteiger charge is 2.58. The largest absolute Gasteiger partial charge is 0.467 e. The van der Waals surface area contributed by atoms with Gasteiger partial charge in [0.05, 0.1) is 19.1 Å². The van der Waals surface area contributed by atoms with E-state index in [1.807, 2.05) is 45.9 Å². The highest BCUT2D eigenvalue weighted by Crippen LogP contribution is 2.45. The lowest BCUT2D eigenvalue weighted by molar-refractivity contribution is -0.151. The molecule has 9 nitrogen and oxygen atoms in total. The smallest absolute Gasteiger partial charge is 0.410 e. The van der Waals surface area contributed by atoms with Gasteiger partial charge in [-0.3, -0.25) is 9.69 Å². The van der Waals surface area contributed by atoms with Crippen molar-refractivity contribution in [1.29, 1.82) is 0 Å². The number of nitrogens with one attached hydrogen (secondary N) is 1. The number of rotatable bonds is 9. The monoisotopic (exact) mass is 557 g/mol. The van der Waals surface area contributed by atoms with E-state index in [4.69, 9.17) is 14.2 Å². The number of ether oxygens (including phenoxy) is 3. The van der Waals surface area contributed by atoms with Gasteiger partial charge in [0.25, 0.3) is 0 Å². The number of carbonyl (C=O) groups is 3. The van der Waals surface area contributed by atoms with Gasteiger partial charge in [0, 0.05) is 44.7 Å². The van der Waals surface area contributed by atoms with Crippen molar-refractivity contribution in [1.82, 2.24) is 15.1 Å². The minimum atomic E-state index is -0.900. The van der Waals surface area contributed by atoms with Crippen LogP contribution in [0.25, 0.3) is 0 Å². The van der Waals surface area contributed by atoms with E-state index < -0.39 is 35.0 Å². The molecule has 2 aliphatic heterocycles. The zero-order valence-corrected chi connectivity index (χ0v) is 24.8. The van der Waals surface area contributed by atoms with E-state index in [1.54, 1.807) is 4.90 Å². The molecule has 4 rings (SSSR count). The van der Waals surface area contributed by atoms with E-state index in [0.29, 0.717) is 45.2 Å². The first kappa shape index (κ1) is 30.3. The van der Waals surface area contributed by atoms with E-state index in [-0.39, 0.29) is 12.0 Å². The molecule has 0 unspecified atom stereocenters. The number of nitrogens with zero attached hydrogens (tertiary/aromatic N) is 2. The number of methoxy groups -OCH3 is 1. The first-order valence-corrected chi connectivity index (χ1v) is 14.7. The third-order valence-corrected chi connectivity index (χ3v) is 8.49. The quantitative estimate of drug-likeness (QED) is 0.459. The maximum Gasteiger partial charge on any atom is 0.410 e. The second-order valence-corrected chi connectivity index (χ2v) is 13.0. The predicted molar refractivity (Wildman–Crippen MR) is 151 cm³/mol. The van der Waals surface area contributed by atoms with Crippen LogP contribution < -0.4 is 5.32 Å². The van der Waals surface area contributed by atoms with Crippen molar-refractivity contribution in [2.75, 3.05) is 39.9 Å². The van der Waals surface area contributed by atoms with Gasteiger partial charge in [0.2, 0.25) is 5.91 Å². The van der Waals surface area contributed by atoms with E-state index in [2.05, 4.69) is 22.3 Å². The molecule has 0 aromatic heterocycles. The van der Waals surface area contributed by atoms with Crippen molar-refractivity contribution >= 4 is 18.0 Å². The SMILES string of the molecule is COC(=O)[C@@H](NC(=O)[C@@H]1CN(Cc2ccccc2)CC12CN(C(=O)OC(C)(C)C)C2)[C@@H](C)OCC1CCCCC1. The minimum Gasteiger partial charge on any atom is -0.467 e. The Morgan fingerprint density at radius 1 is 1.05 bits per heavy atom. The summed E-state index contributed by atoms with van der Waals surface area (Å²) in [5.41, 5.74) is 0.162. The summed E-state index contributed by atoms with van der Waals surface area (Å²) in [4.78, 5) is 43.3. The topological polar surface area (TPSA) is 97.4 Å². The van der Waals surface area contributed by atoms with E-state index >= 15 is 0 Å². The number of hydrogen-bond acceptors (Lipinski definition) is 7. The van der Waals surface area contributed by atoms with Gasteiger partial charge in [-0.1, -0.05) is 49.6 Å². The average Bonchev–Trinajstić information content (AvgIpc) is 3.29. The zero-order valence-electron chi connectivity index (χ0n) is 24.8. The van der Waals surface area contributed by atoms with Crippen LogP contribution in [0.3, 0.4) is 0 Å². The molecule has 3 fully saturated rings. The third kappa shape index (κ3) is 7.55. The van der Waals surface area contributed by atoms with Crippen LogP contribution in [0.1, 0.15) is 65.4 Å². The number of carbonyl (C=O) groups excluding carboxylic acids is 3. The van der Waals surface area contributed by atoms with E-state index in [0.717, 1.165) is 12.8 Å². The zero-order chi connectivity index (χ0) is 28.9. The summed E-state index contributed by atoms with van der Waals surface area (Å²) in [6, 6.07) is 9.26. The van der Waals surface area contributed by atoms with Crippen LogP contribution in [0.4, 0.5) is 4.79 Å². The van der Waals surface area contributed by atoms with Crippen LogP contribution in [0.5, 0.6) is 0 Å². The maximum atomic E-state index is 13.9. The summed E-state index contributed by atoms with van der Waals surface area (Å²) in [6.45, 7) is 10.7. The van der Waals surface area contributed by atoms with Crippen LogP contribution in [0.2, 0.25) is 0 Å². The van der Waals surface area contributed by atoms with Gasteiger partial charge in [-0.2, -0.15) is 0 Å². The number of amides is 2. The number of benzene rings is 1. The molecule has 2 amide bonds. The summed E-state index contributed by atoms with van der Waals surface area (Å²) in [7, 11) is 1.33. The fraction of sp³-hybridized carbons (Fsp3) is 0.710. The first-order chi connectivity index (χ1) is 19.0. The Kier molecular flexibility index (Phi) is 9.77. The third-order valence-electron chi connectivity index (χ3n) is 8.49. The summed E-state index contributed by atoms with van der Waals surface area (Å²) in [5.74, 6) is -0.624. The molecule has 3 aliphatic rings. The molecule has 3 atom stereocenters. The van der Waals surface area contributed by atoms with Gasteiger partial charge < -0.3 is 24.4 Å². The molecular weight excluding hydrogens is 510 g/mol.